The molecule has 0 saturated heterocycles. The Morgan fingerprint density at radius 3 is 2.88 bits per heavy atom. The first kappa shape index (κ1) is 11.8. The number of nitrogens with zero attached hydrogens (tertiary/aromatic N) is 2. The van der Waals surface area contributed by atoms with Crippen molar-refractivity contribution in [2.24, 2.45) is 0 Å². The van der Waals surface area contributed by atoms with E-state index in [9.17, 15) is 4.79 Å². The summed E-state index contributed by atoms with van der Waals surface area (Å²) in [6, 6.07) is 8.12. The number of carbonyl (C=O) groups excluding carboxylic acids is 1. The predicted molar refractivity (Wildman–Crippen MR) is 65.4 cm³/mol. The molecule has 0 N–H and O–H groups in total. The average Bonchev–Trinajstić information content (AvgIpc) is 2.70. The molecule has 0 unspecified atom stereocenters. The first-order valence-corrected chi connectivity index (χ1v) is 5.93. The molecular formula is C14H16N2O. The van der Waals surface area contributed by atoms with Crippen LogP contribution in [0.15, 0.2) is 18.2 Å². The van der Waals surface area contributed by atoms with Gasteiger partial charge in [-0.15, -0.1) is 0 Å². The number of Topliss-reactive ketones (excluding diaryl/α,β-unsaturated/α-hetero) is 1. The molecule has 0 amide bonds. The number of ketones is 1. The van der Waals surface area contributed by atoms with Gasteiger partial charge in [0.2, 0.25) is 0 Å². The van der Waals surface area contributed by atoms with E-state index in [0.717, 1.165) is 31.6 Å². The fraction of sp³-hybridized carbons (Fsp3) is 0.429. The van der Waals surface area contributed by atoms with Crippen molar-refractivity contribution in [3.05, 3.63) is 34.9 Å². The predicted octanol–water partition coefficient (Wildman–Crippen LogP) is 2.51. The Hall–Kier alpha value is -1.66. The maximum Gasteiger partial charge on any atom is 0.159 e. The van der Waals surface area contributed by atoms with Gasteiger partial charge in [0.25, 0.3) is 0 Å². The molecule has 3 nitrogen and oxygen atoms in total. The quantitative estimate of drug-likeness (QED) is 0.587. The van der Waals surface area contributed by atoms with Crippen LogP contribution in [0.4, 0.5) is 0 Å². The Morgan fingerprint density at radius 1 is 1.41 bits per heavy atom. The zero-order valence-electron chi connectivity index (χ0n) is 10.1. The molecule has 0 atom stereocenters. The van der Waals surface area contributed by atoms with Gasteiger partial charge in [-0.25, -0.2) is 0 Å². The van der Waals surface area contributed by atoms with E-state index in [0.29, 0.717) is 6.42 Å². The summed E-state index contributed by atoms with van der Waals surface area (Å²) < 4.78 is 0. The van der Waals surface area contributed by atoms with Gasteiger partial charge >= 0.3 is 0 Å². The molecular weight excluding hydrogens is 212 g/mol. The third-order valence-corrected chi connectivity index (χ3v) is 3.16. The second kappa shape index (κ2) is 5.11. The summed E-state index contributed by atoms with van der Waals surface area (Å²) in [5.41, 5.74) is 3.37. The van der Waals surface area contributed by atoms with Gasteiger partial charge in [0, 0.05) is 25.1 Å². The Balaban J connectivity index is 2.02. The molecule has 0 aromatic heterocycles. The highest BCUT2D eigenvalue weighted by Crippen LogP contribution is 2.24. The second-order valence-corrected chi connectivity index (χ2v) is 4.51. The lowest BCUT2D eigenvalue weighted by atomic mass is 10.0. The lowest BCUT2D eigenvalue weighted by molar-refractivity contribution is 0.101. The molecule has 1 aliphatic rings. The van der Waals surface area contributed by atoms with E-state index in [2.05, 4.69) is 17.0 Å². The Bertz CT molecular complexity index is 474. The number of benzene rings is 1. The van der Waals surface area contributed by atoms with Gasteiger partial charge in [0.05, 0.1) is 6.07 Å². The fourth-order valence-corrected chi connectivity index (χ4v) is 2.22. The Kier molecular flexibility index (Phi) is 3.55. The van der Waals surface area contributed by atoms with Crippen LogP contribution in [-0.2, 0) is 13.1 Å². The summed E-state index contributed by atoms with van der Waals surface area (Å²) >= 11 is 0. The Morgan fingerprint density at radius 2 is 2.18 bits per heavy atom. The minimum atomic E-state index is 0.121. The van der Waals surface area contributed by atoms with E-state index in [4.69, 9.17) is 5.26 Å². The largest absolute Gasteiger partial charge is 0.295 e. The van der Waals surface area contributed by atoms with Crippen molar-refractivity contribution in [1.29, 1.82) is 5.26 Å². The maximum absolute atomic E-state index is 11.3. The van der Waals surface area contributed by atoms with E-state index >= 15 is 0 Å². The minimum Gasteiger partial charge on any atom is -0.295 e. The van der Waals surface area contributed by atoms with E-state index in [1.165, 1.54) is 11.1 Å². The van der Waals surface area contributed by atoms with Gasteiger partial charge in [-0.3, -0.25) is 9.69 Å². The number of hydrogen-bond donors (Lipinski definition) is 0. The number of rotatable bonds is 4. The lowest BCUT2D eigenvalue weighted by Gasteiger charge is -2.12. The summed E-state index contributed by atoms with van der Waals surface area (Å²) in [4.78, 5) is 13.6. The van der Waals surface area contributed by atoms with Crippen LogP contribution in [0.25, 0.3) is 0 Å². The minimum absolute atomic E-state index is 0.121. The molecule has 1 aromatic carbocycles. The SMILES string of the molecule is CC(=O)c1ccc2c(c1)CN(CCCC#N)C2. The van der Waals surface area contributed by atoms with Crippen LogP contribution in [0, 0.1) is 11.3 Å². The van der Waals surface area contributed by atoms with Crippen LogP contribution >= 0.6 is 0 Å². The van der Waals surface area contributed by atoms with Crippen LogP contribution in [0.5, 0.6) is 0 Å². The zero-order chi connectivity index (χ0) is 12.3. The number of unbranched alkanes of at least 4 members (excludes halogenated alkanes) is 1. The topological polar surface area (TPSA) is 44.1 Å². The standard InChI is InChI=1S/C14H16N2O/c1-11(17)12-4-5-13-9-16(7-3-2-6-15)10-14(13)8-12/h4-5,8H,2-3,7,9-10H2,1H3. The van der Waals surface area contributed by atoms with Gasteiger partial charge in [0.1, 0.15) is 0 Å². The molecule has 2 rings (SSSR count). The van der Waals surface area contributed by atoms with E-state index in [-0.39, 0.29) is 5.78 Å². The molecule has 1 aliphatic heterocycles. The molecule has 3 heteroatoms. The Labute approximate surface area is 102 Å². The number of hydrogen-bond acceptors (Lipinski definition) is 3. The van der Waals surface area contributed by atoms with Crippen LogP contribution in [0.1, 0.15) is 41.3 Å². The average molecular weight is 228 g/mol. The molecule has 0 bridgehead atoms. The third-order valence-electron chi connectivity index (χ3n) is 3.16. The summed E-state index contributed by atoms with van der Waals surface area (Å²) in [5, 5.41) is 8.51. The molecule has 0 spiro atoms. The smallest absolute Gasteiger partial charge is 0.159 e. The third kappa shape index (κ3) is 2.72. The van der Waals surface area contributed by atoms with Crippen molar-refractivity contribution in [1.82, 2.24) is 4.90 Å². The second-order valence-electron chi connectivity index (χ2n) is 4.51. The van der Waals surface area contributed by atoms with Gasteiger partial charge in [-0.2, -0.15) is 5.26 Å². The first-order chi connectivity index (χ1) is 8.20. The number of carbonyl (C=O) groups is 1. The van der Waals surface area contributed by atoms with Gasteiger partial charge in [-0.1, -0.05) is 12.1 Å². The van der Waals surface area contributed by atoms with Crippen LogP contribution in [0.3, 0.4) is 0 Å². The molecule has 0 fully saturated rings. The normalized spacial score (nSPS) is 14.4. The summed E-state index contributed by atoms with van der Waals surface area (Å²) in [6.07, 6.45) is 1.54. The van der Waals surface area contributed by atoms with Crippen molar-refractivity contribution in [2.75, 3.05) is 6.54 Å². The molecule has 88 valence electrons. The molecule has 0 saturated carbocycles. The van der Waals surface area contributed by atoms with Crippen LogP contribution in [0.2, 0.25) is 0 Å². The highest BCUT2D eigenvalue weighted by atomic mass is 16.1. The summed E-state index contributed by atoms with van der Waals surface area (Å²) in [6.45, 7) is 4.40. The van der Waals surface area contributed by atoms with Crippen molar-refractivity contribution in [3.63, 3.8) is 0 Å². The highest BCUT2D eigenvalue weighted by molar-refractivity contribution is 5.94. The first-order valence-electron chi connectivity index (χ1n) is 5.93. The molecule has 1 aromatic rings. The van der Waals surface area contributed by atoms with Crippen LogP contribution in [-0.4, -0.2) is 17.2 Å². The van der Waals surface area contributed by atoms with Crippen molar-refractivity contribution in [2.45, 2.75) is 32.9 Å². The van der Waals surface area contributed by atoms with Crippen molar-refractivity contribution < 1.29 is 4.79 Å². The van der Waals surface area contributed by atoms with Crippen molar-refractivity contribution in [3.8, 4) is 6.07 Å². The molecule has 17 heavy (non-hydrogen) atoms. The van der Waals surface area contributed by atoms with E-state index in [1.807, 2.05) is 12.1 Å². The van der Waals surface area contributed by atoms with E-state index in [1.54, 1.807) is 6.92 Å². The highest BCUT2D eigenvalue weighted by Gasteiger charge is 2.18. The van der Waals surface area contributed by atoms with Crippen molar-refractivity contribution >= 4 is 5.78 Å². The summed E-state index contributed by atoms with van der Waals surface area (Å²) in [7, 11) is 0. The number of nitriles is 1. The van der Waals surface area contributed by atoms with Crippen LogP contribution < -0.4 is 0 Å². The molecule has 0 aliphatic carbocycles. The monoisotopic (exact) mass is 228 g/mol. The zero-order valence-corrected chi connectivity index (χ0v) is 10.1. The molecule has 0 radical (unpaired) electrons. The summed E-state index contributed by atoms with van der Waals surface area (Å²) in [5.74, 6) is 0.121. The lowest BCUT2D eigenvalue weighted by Crippen LogP contribution is -2.17. The van der Waals surface area contributed by atoms with Gasteiger partial charge < -0.3 is 0 Å². The molecule has 1 heterocycles. The fourth-order valence-electron chi connectivity index (χ4n) is 2.22. The van der Waals surface area contributed by atoms with E-state index < -0.39 is 0 Å². The van der Waals surface area contributed by atoms with Gasteiger partial charge in [0.15, 0.2) is 5.78 Å². The number of fused-ring (bicyclic) bond motifs is 1. The van der Waals surface area contributed by atoms with Gasteiger partial charge in [-0.05, 0) is 37.1 Å². The maximum atomic E-state index is 11.3.